The zero-order valence-electron chi connectivity index (χ0n) is 15.4. The lowest BCUT2D eigenvalue weighted by atomic mass is 10.2. The van der Waals surface area contributed by atoms with Crippen LogP contribution in [0.15, 0.2) is 47.1 Å². The van der Waals surface area contributed by atoms with Gasteiger partial charge in [-0.3, -0.25) is 10.1 Å². The Morgan fingerprint density at radius 1 is 1.21 bits per heavy atom. The minimum Gasteiger partial charge on any atom is -0.491 e. The van der Waals surface area contributed by atoms with Crippen molar-refractivity contribution in [3.63, 3.8) is 0 Å². The maximum atomic E-state index is 12.2. The SMILES string of the molecule is CCCCOc1c(I)cc(/C=C2\N=C(c3ccc([N+](=O)[O-])cc3)OC2=O)cc1I. The summed E-state index contributed by atoms with van der Waals surface area (Å²) < 4.78 is 13.0. The molecule has 0 N–H and O–H groups in total. The molecule has 0 saturated heterocycles. The number of cyclic esters (lactones) is 1. The van der Waals surface area contributed by atoms with Crippen molar-refractivity contribution in [2.45, 2.75) is 19.8 Å². The number of esters is 1. The van der Waals surface area contributed by atoms with Crippen molar-refractivity contribution in [1.82, 2.24) is 0 Å². The molecule has 0 atom stereocenters. The third-order valence-electron chi connectivity index (χ3n) is 4.01. The molecule has 0 aliphatic carbocycles. The summed E-state index contributed by atoms with van der Waals surface area (Å²) in [6.07, 6.45) is 3.71. The second kappa shape index (κ2) is 9.65. The molecule has 0 saturated carbocycles. The molecule has 150 valence electrons. The predicted octanol–water partition coefficient (Wildman–Crippen LogP) is 5.33. The molecule has 0 bridgehead atoms. The Kier molecular flexibility index (Phi) is 7.22. The highest BCUT2D eigenvalue weighted by Gasteiger charge is 2.24. The van der Waals surface area contributed by atoms with Crippen molar-refractivity contribution >= 4 is 68.8 Å². The van der Waals surface area contributed by atoms with Crippen molar-refractivity contribution in [2.75, 3.05) is 6.61 Å². The summed E-state index contributed by atoms with van der Waals surface area (Å²) in [5, 5.41) is 10.8. The lowest BCUT2D eigenvalue weighted by Crippen LogP contribution is -2.05. The van der Waals surface area contributed by atoms with E-state index in [4.69, 9.17) is 9.47 Å². The summed E-state index contributed by atoms with van der Waals surface area (Å²) >= 11 is 4.42. The first-order valence-electron chi connectivity index (χ1n) is 8.78. The van der Waals surface area contributed by atoms with Gasteiger partial charge in [-0.1, -0.05) is 13.3 Å². The van der Waals surface area contributed by atoms with Gasteiger partial charge in [0.05, 0.1) is 18.7 Å². The van der Waals surface area contributed by atoms with Crippen LogP contribution in [0.4, 0.5) is 5.69 Å². The number of nitro benzene ring substituents is 1. The van der Waals surface area contributed by atoms with Crippen molar-refractivity contribution in [3.05, 3.63) is 70.5 Å². The number of non-ortho nitro benzene ring substituents is 1. The number of nitrogens with zero attached hydrogens (tertiary/aromatic N) is 2. The lowest BCUT2D eigenvalue weighted by molar-refractivity contribution is -0.384. The second-order valence-electron chi connectivity index (χ2n) is 6.16. The molecule has 7 nitrogen and oxygen atoms in total. The number of carbonyl (C=O) groups is 1. The fraction of sp³-hybridized carbons (Fsp3) is 0.200. The van der Waals surface area contributed by atoms with E-state index in [0.29, 0.717) is 12.2 Å². The van der Waals surface area contributed by atoms with Crippen molar-refractivity contribution in [2.24, 2.45) is 4.99 Å². The maximum Gasteiger partial charge on any atom is 0.363 e. The Morgan fingerprint density at radius 3 is 2.45 bits per heavy atom. The molecule has 3 rings (SSSR count). The molecule has 29 heavy (non-hydrogen) atoms. The summed E-state index contributed by atoms with van der Waals surface area (Å²) in [6.45, 7) is 2.78. The van der Waals surface area contributed by atoms with Gasteiger partial charge in [-0.25, -0.2) is 9.79 Å². The molecule has 0 fully saturated rings. The van der Waals surface area contributed by atoms with Crippen LogP contribution in [0, 0.1) is 17.3 Å². The standard InChI is InChI=1S/C20H16I2N2O5/c1-2-3-8-28-18-15(21)9-12(10-16(18)22)11-17-20(25)29-19(23-17)13-4-6-14(7-5-13)24(26)27/h4-7,9-11H,2-3,8H2,1H3/b17-11-. The number of unbranched alkanes of at least 4 members (excludes halogenated alkanes) is 1. The molecule has 0 aromatic heterocycles. The van der Waals surface area contributed by atoms with E-state index in [1.165, 1.54) is 24.3 Å². The largest absolute Gasteiger partial charge is 0.491 e. The van der Waals surface area contributed by atoms with Gasteiger partial charge in [-0.2, -0.15) is 0 Å². The predicted molar refractivity (Wildman–Crippen MR) is 126 cm³/mol. The van der Waals surface area contributed by atoms with Crippen molar-refractivity contribution in [3.8, 4) is 5.75 Å². The number of hydrogen-bond acceptors (Lipinski definition) is 6. The first-order valence-corrected chi connectivity index (χ1v) is 10.9. The van der Waals surface area contributed by atoms with Gasteiger partial charge in [0.2, 0.25) is 5.90 Å². The molecule has 9 heteroatoms. The topological polar surface area (TPSA) is 91.0 Å². The molecular formula is C20H16I2N2O5. The minimum atomic E-state index is -0.563. The van der Waals surface area contributed by atoms with Crippen LogP contribution in [0.1, 0.15) is 30.9 Å². The van der Waals surface area contributed by atoms with Gasteiger partial charge >= 0.3 is 5.97 Å². The van der Waals surface area contributed by atoms with Crippen LogP contribution in [0.3, 0.4) is 0 Å². The second-order valence-corrected chi connectivity index (χ2v) is 8.48. The van der Waals surface area contributed by atoms with Crippen molar-refractivity contribution in [1.29, 1.82) is 0 Å². The number of aliphatic imine (C=N–C) groups is 1. The summed E-state index contributed by atoms with van der Waals surface area (Å²) in [6, 6.07) is 9.53. The van der Waals surface area contributed by atoms with Crippen LogP contribution >= 0.6 is 45.2 Å². The molecule has 0 spiro atoms. The Hall–Kier alpha value is -2.02. The average Bonchev–Trinajstić information content (AvgIpc) is 3.04. The first-order chi connectivity index (χ1) is 13.9. The highest BCUT2D eigenvalue weighted by Crippen LogP contribution is 2.31. The van der Waals surface area contributed by atoms with Crippen LogP contribution in [0.5, 0.6) is 5.75 Å². The summed E-state index contributed by atoms with van der Waals surface area (Å²) in [5.74, 6) is 0.401. The third kappa shape index (κ3) is 5.32. The fourth-order valence-corrected chi connectivity index (χ4v) is 4.66. The molecule has 0 unspecified atom stereocenters. The number of hydrogen-bond donors (Lipinski definition) is 0. The molecule has 1 aliphatic rings. The van der Waals surface area contributed by atoms with Gasteiger partial charge in [0.1, 0.15) is 5.75 Å². The van der Waals surface area contributed by atoms with Crippen LogP contribution in [0.25, 0.3) is 6.08 Å². The van der Waals surface area contributed by atoms with E-state index in [-0.39, 0.29) is 17.3 Å². The molecule has 2 aromatic carbocycles. The normalized spacial score (nSPS) is 14.7. The van der Waals surface area contributed by atoms with E-state index in [0.717, 1.165) is 31.3 Å². The Labute approximate surface area is 194 Å². The lowest BCUT2D eigenvalue weighted by Gasteiger charge is -2.11. The van der Waals surface area contributed by atoms with Gasteiger partial charge < -0.3 is 9.47 Å². The average molecular weight is 618 g/mol. The smallest absolute Gasteiger partial charge is 0.363 e. The number of rotatable bonds is 7. The number of nitro groups is 1. The molecule has 0 radical (unpaired) electrons. The monoisotopic (exact) mass is 618 g/mol. The number of benzene rings is 2. The molecular weight excluding hydrogens is 602 g/mol. The van der Waals surface area contributed by atoms with Gasteiger partial charge in [0, 0.05) is 17.7 Å². The quantitative estimate of drug-likeness (QED) is 0.105. The molecule has 1 heterocycles. The summed E-state index contributed by atoms with van der Waals surface area (Å²) in [7, 11) is 0. The van der Waals surface area contributed by atoms with E-state index in [9.17, 15) is 14.9 Å². The van der Waals surface area contributed by atoms with Gasteiger partial charge in [0.25, 0.3) is 5.69 Å². The zero-order chi connectivity index (χ0) is 21.0. The molecule has 1 aliphatic heterocycles. The summed E-state index contributed by atoms with van der Waals surface area (Å²) in [4.78, 5) is 26.7. The number of carbonyl (C=O) groups excluding carboxylic acids is 1. The highest BCUT2D eigenvalue weighted by molar-refractivity contribution is 14.1. The van der Waals surface area contributed by atoms with Crippen LogP contribution < -0.4 is 4.74 Å². The van der Waals surface area contributed by atoms with E-state index in [1.807, 2.05) is 12.1 Å². The first kappa shape index (κ1) is 21.7. The van der Waals surface area contributed by atoms with Gasteiger partial charge in [-0.15, -0.1) is 0 Å². The Bertz CT molecular complexity index is 993. The number of halogens is 2. The van der Waals surface area contributed by atoms with Crippen LogP contribution in [-0.4, -0.2) is 23.4 Å². The molecule has 0 amide bonds. The van der Waals surface area contributed by atoms with E-state index in [2.05, 4.69) is 57.1 Å². The summed E-state index contributed by atoms with van der Waals surface area (Å²) in [5.41, 5.74) is 1.43. The molecule has 2 aromatic rings. The fourth-order valence-electron chi connectivity index (χ4n) is 2.54. The third-order valence-corrected chi connectivity index (χ3v) is 5.62. The minimum absolute atomic E-state index is 0.0418. The van der Waals surface area contributed by atoms with E-state index in [1.54, 1.807) is 6.08 Å². The number of ether oxygens (including phenoxy) is 2. The van der Waals surface area contributed by atoms with Gasteiger partial charge in [-0.05, 0) is 87.5 Å². The Balaban J connectivity index is 1.84. The van der Waals surface area contributed by atoms with E-state index >= 15 is 0 Å². The van der Waals surface area contributed by atoms with Crippen molar-refractivity contribution < 1.29 is 19.2 Å². The van der Waals surface area contributed by atoms with Gasteiger partial charge in [0.15, 0.2) is 5.70 Å². The maximum absolute atomic E-state index is 12.2. The van der Waals surface area contributed by atoms with Crippen LogP contribution in [-0.2, 0) is 9.53 Å². The zero-order valence-corrected chi connectivity index (χ0v) is 19.7. The highest BCUT2D eigenvalue weighted by atomic mass is 127. The Morgan fingerprint density at radius 2 is 1.86 bits per heavy atom. The van der Waals surface area contributed by atoms with Crippen LogP contribution in [0.2, 0.25) is 0 Å². The van der Waals surface area contributed by atoms with E-state index < -0.39 is 10.9 Å².